The molecule has 0 bridgehead atoms. The molecule has 2 atom stereocenters. The molecule has 2 fully saturated rings. The van der Waals surface area contributed by atoms with Crippen molar-refractivity contribution in [2.75, 3.05) is 46.8 Å². The van der Waals surface area contributed by atoms with Gasteiger partial charge < -0.3 is 15.5 Å². The number of nitrogens with zero attached hydrogens (tertiary/aromatic N) is 3. The molecule has 0 amide bonds. The minimum atomic E-state index is 0. The molecule has 2 N–H and O–H groups in total. The van der Waals surface area contributed by atoms with Gasteiger partial charge >= 0.3 is 0 Å². The fraction of sp³-hybridized carbons (Fsp3) is 0.722. The fourth-order valence-corrected chi connectivity index (χ4v) is 4.67. The summed E-state index contributed by atoms with van der Waals surface area (Å²) in [5.74, 6) is 0.927. The van der Waals surface area contributed by atoms with Crippen LogP contribution in [0.2, 0.25) is 0 Å². The third-order valence-electron chi connectivity index (χ3n) is 5.32. The number of aliphatic imine (C=N–C) groups is 1. The van der Waals surface area contributed by atoms with Crippen molar-refractivity contribution in [2.45, 2.75) is 37.8 Å². The largest absolute Gasteiger partial charge is 0.355 e. The highest BCUT2D eigenvalue weighted by molar-refractivity contribution is 14.0. The van der Waals surface area contributed by atoms with E-state index >= 15 is 0 Å². The van der Waals surface area contributed by atoms with E-state index < -0.39 is 0 Å². The summed E-state index contributed by atoms with van der Waals surface area (Å²) in [7, 11) is 4.08. The van der Waals surface area contributed by atoms with Crippen LogP contribution in [0.1, 0.15) is 36.6 Å². The van der Waals surface area contributed by atoms with Gasteiger partial charge in [0.25, 0.3) is 0 Å². The summed E-state index contributed by atoms with van der Waals surface area (Å²) >= 11 is 1.86. The van der Waals surface area contributed by atoms with Gasteiger partial charge in [-0.25, -0.2) is 0 Å². The third-order valence-corrected chi connectivity index (χ3v) is 6.29. The summed E-state index contributed by atoms with van der Waals surface area (Å²) in [4.78, 5) is 10.9. The second-order valence-corrected chi connectivity index (χ2v) is 7.86. The molecule has 5 nitrogen and oxygen atoms in total. The minimum Gasteiger partial charge on any atom is -0.355 e. The summed E-state index contributed by atoms with van der Waals surface area (Å²) in [6.07, 6.45) is 5.24. The van der Waals surface area contributed by atoms with Crippen LogP contribution in [0.3, 0.4) is 0 Å². The van der Waals surface area contributed by atoms with Crippen molar-refractivity contribution in [3.63, 3.8) is 0 Å². The van der Waals surface area contributed by atoms with E-state index in [0.717, 1.165) is 19.0 Å². The molecule has 0 spiro atoms. The molecule has 0 radical (unpaired) electrons. The van der Waals surface area contributed by atoms with Crippen molar-refractivity contribution >= 4 is 41.3 Å². The van der Waals surface area contributed by atoms with Crippen molar-refractivity contribution in [3.05, 3.63) is 22.4 Å². The van der Waals surface area contributed by atoms with Crippen LogP contribution in [0.5, 0.6) is 0 Å². The molecule has 142 valence electrons. The Morgan fingerprint density at radius 2 is 2.08 bits per heavy atom. The Balaban J connectivity index is 0.00000225. The smallest absolute Gasteiger partial charge is 0.191 e. The maximum atomic E-state index is 4.41. The van der Waals surface area contributed by atoms with Gasteiger partial charge in [0.05, 0.1) is 6.04 Å². The van der Waals surface area contributed by atoms with Gasteiger partial charge in [0.2, 0.25) is 0 Å². The molecule has 2 aliphatic rings. The van der Waals surface area contributed by atoms with Gasteiger partial charge in [0.15, 0.2) is 5.96 Å². The van der Waals surface area contributed by atoms with Gasteiger partial charge in [-0.1, -0.05) is 6.07 Å². The second kappa shape index (κ2) is 10.7. The predicted molar refractivity (Wildman–Crippen MR) is 118 cm³/mol. The zero-order valence-electron chi connectivity index (χ0n) is 15.4. The van der Waals surface area contributed by atoms with Crippen molar-refractivity contribution in [1.82, 2.24) is 20.4 Å². The summed E-state index contributed by atoms with van der Waals surface area (Å²) in [6, 6.07) is 5.51. The molecule has 2 saturated heterocycles. The zero-order valence-corrected chi connectivity index (χ0v) is 18.6. The number of hydrogen-bond donors (Lipinski definition) is 2. The Hall–Kier alpha value is -0.380. The quantitative estimate of drug-likeness (QED) is 0.376. The number of likely N-dealkylation sites (N-methyl/N-ethyl adjacent to an activating group) is 1. The van der Waals surface area contributed by atoms with E-state index in [-0.39, 0.29) is 24.0 Å². The molecule has 3 heterocycles. The molecular weight excluding hydrogens is 445 g/mol. The standard InChI is InChI=1S/C18H31N5S.HI/c1-19-18(20-13-15-7-5-9-22(15)2)21-14-16(17-8-6-12-24-17)23-10-3-4-11-23;/h6,8,12,15-16H,3-5,7,9-11,13-14H2,1-2H3,(H2,19,20,21);1H. The van der Waals surface area contributed by atoms with Crippen LogP contribution in [0, 0.1) is 0 Å². The first kappa shape index (κ1) is 20.9. The number of nitrogens with one attached hydrogen (secondary N) is 2. The number of likely N-dealkylation sites (tertiary alicyclic amines) is 2. The van der Waals surface area contributed by atoms with E-state index in [1.165, 1.54) is 50.2 Å². The molecule has 0 aromatic carbocycles. The SMILES string of the molecule is CN=C(NCC1CCCN1C)NCC(c1cccs1)N1CCCC1.I. The molecule has 0 aliphatic carbocycles. The van der Waals surface area contributed by atoms with Gasteiger partial charge in [0.1, 0.15) is 0 Å². The highest BCUT2D eigenvalue weighted by atomic mass is 127. The fourth-order valence-electron chi connectivity index (χ4n) is 3.81. The van der Waals surface area contributed by atoms with Crippen LogP contribution in [-0.4, -0.2) is 68.6 Å². The van der Waals surface area contributed by atoms with Crippen LogP contribution in [0.25, 0.3) is 0 Å². The van der Waals surface area contributed by atoms with Gasteiger partial charge in [-0.05, 0) is 63.8 Å². The normalized spacial score (nSPS) is 23.4. The van der Waals surface area contributed by atoms with Crippen LogP contribution >= 0.6 is 35.3 Å². The zero-order chi connectivity index (χ0) is 16.8. The van der Waals surface area contributed by atoms with Gasteiger partial charge in [-0.15, -0.1) is 35.3 Å². The highest BCUT2D eigenvalue weighted by Crippen LogP contribution is 2.27. The maximum Gasteiger partial charge on any atom is 0.191 e. The number of rotatable bonds is 6. The monoisotopic (exact) mass is 477 g/mol. The Bertz CT molecular complexity index is 516. The third kappa shape index (κ3) is 5.80. The topological polar surface area (TPSA) is 42.9 Å². The van der Waals surface area contributed by atoms with Crippen molar-refractivity contribution in [2.24, 2.45) is 4.99 Å². The molecule has 2 aliphatic heterocycles. The number of thiophene rings is 1. The predicted octanol–water partition coefficient (Wildman–Crippen LogP) is 2.76. The lowest BCUT2D eigenvalue weighted by Gasteiger charge is -2.28. The number of hydrogen-bond acceptors (Lipinski definition) is 4. The van der Waals surface area contributed by atoms with E-state index in [9.17, 15) is 0 Å². The van der Waals surface area contributed by atoms with Crippen LogP contribution in [0.15, 0.2) is 22.5 Å². The minimum absolute atomic E-state index is 0. The molecule has 7 heteroatoms. The average molecular weight is 477 g/mol. The first-order valence-electron chi connectivity index (χ1n) is 9.20. The Kier molecular flexibility index (Phi) is 8.95. The lowest BCUT2D eigenvalue weighted by atomic mass is 10.2. The van der Waals surface area contributed by atoms with Crippen molar-refractivity contribution < 1.29 is 0 Å². The van der Waals surface area contributed by atoms with E-state index in [4.69, 9.17) is 0 Å². The second-order valence-electron chi connectivity index (χ2n) is 6.88. The summed E-state index contributed by atoms with van der Waals surface area (Å²) in [5.41, 5.74) is 0. The molecule has 0 saturated carbocycles. The molecule has 2 unspecified atom stereocenters. The average Bonchev–Trinajstić information content (AvgIpc) is 3.34. The van der Waals surface area contributed by atoms with E-state index in [0.29, 0.717) is 12.1 Å². The molecule has 1 aromatic rings. The van der Waals surface area contributed by atoms with Crippen LogP contribution in [0.4, 0.5) is 0 Å². The Morgan fingerprint density at radius 1 is 1.28 bits per heavy atom. The molecule has 1 aromatic heterocycles. The molecular formula is C18H32IN5S. The Labute approximate surface area is 173 Å². The highest BCUT2D eigenvalue weighted by Gasteiger charge is 2.25. The maximum absolute atomic E-state index is 4.41. The van der Waals surface area contributed by atoms with Crippen LogP contribution in [-0.2, 0) is 0 Å². The van der Waals surface area contributed by atoms with Crippen molar-refractivity contribution in [1.29, 1.82) is 0 Å². The number of guanidine groups is 1. The lowest BCUT2D eigenvalue weighted by Crippen LogP contribution is -2.46. The summed E-state index contributed by atoms with van der Waals surface area (Å²) < 4.78 is 0. The lowest BCUT2D eigenvalue weighted by molar-refractivity contribution is 0.248. The number of halogens is 1. The van der Waals surface area contributed by atoms with Crippen molar-refractivity contribution in [3.8, 4) is 0 Å². The first-order chi connectivity index (χ1) is 11.8. The van der Waals surface area contributed by atoms with Gasteiger partial charge in [-0.2, -0.15) is 0 Å². The van der Waals surface area contributed by atoms with E-state index in [2.05, 4.69) is 50.0 Å². The first-order valence-corrected chi connectivity index (χ1v) is 10.1. The molecule has 25 heavy (non-hydrogen) atoms. The summed E-state index contributed by atoms with van der Waals surface area (Å²) in [6.45, 7) is 5.53. The van der Waals surface area contributed by atoms with E-state index in [1.54, 1.807) is 0 Å². The van der Waals surface area contributed by atoms with Crippen LogP contribution < -0.4 is 10.6 Å². The summed E-state index contributed by atoms with van der Waals surface area (Å²) in [5, 5.41) is 9.26. The van der Waals surface area contributed by atoms with Gasteiger partial charge in [-0.3, -0.25) is 9.89 Å². The Morgan fingerprint density at radius 3 is 2.68 bits per heavy atom. The van der Waals surface area contributed by atoms with E-state index in [1.807, 2.05) is 18.4 Å². The van der Waals surface area contributed by atoms with Gasteiger partial charge in [0, 0.05) is 31.1 Å². The molecule has 3 rings (SSSR count).